The first-order valence-corrected chi connectivity index (χ1v) is 8.83. The first-order chi connectivity index (χ1) is 13.0. The SMILES string of the molecule is Cc1cccc(C)c1N[C@H](C)C(=O)N/N=C/c1c(O)ccc2ccccc12. The number of nitrogens with one attached hydrogen (secondary N) is 2. The predicted molar refractivity (Wildman–Crippen MR) is 110 cm³/mol. The number of aryl methyl sites for hydroxylation is 2. The monoisotopic (exact) mass is 361 g/mol. The fourth-order valence-corrected chi connectivity index (χ4v) is 3.00. The summed E-state index contributed by atoms with van der Waals surface area (Å²) in [4.78, 5) is 12.4. The van der Waals surface area contributed by atoms with Gasteiger partial charge in [0.15, 0.2) is 0 Å². The van der Waals surface area contributed by atoms with Crippen molar-refractivity contribution in [1.29, 1.82) is 0 Å². The third-order valence-corrected chi connectivity index (χ3v) is 4.55. The molecule has 0 aliphatic rings. The summed E-state index contributed by atoms with van der Waals surface area (Å²) < 4.78 is 0. The average molecular weight is 361 g/mol. The second kappa shape index (κ2) is 7.91. The molecule has 0 aliphatic heterocycles. The van der Waals surface area contributed by atoms with Crippen molar-refractivity contribution in [3.05, 3.63) is 71.3 Å². The summed E-state index contributed by atoms with van der Waals surface area (Å²) in [6.45, 7) is 5.79. The largest absolute Gasteiger partial charge is 0.507 e. The van der Waals surface area contributed by atoms with Gasteiger partial charge in [0, 0.05) is 11.3 Å². The van der Waals surface area contributed by atoms with Crippen molar-refractivity contribution in [2.75, 3.05) is 5.32 Å². The number of phenols is 1. The van der Waals surface area contributed by atoms with Crippen molar-refractivity contribution in [1.82, 2.24) is 5.43 Å². The fourth-order valence-electron chi connectivity index (χ4n) is 3.00. The van der Waals surface area contributed by atoms with E-state index in [-0.39, 0.29) is 11.7 Å². The lowest BCUT2D eigenvalue weighted by atomic mass is 10.0. The number of hydrogen-bond acceptors (Lipinski definition) is 4. The quantitative estimate of drug-likeness (QED) is 0.473. The van der Waals surface area contributed by atoms with E-state index < -0.39 is 6.04 Å². The highest BCUT2D eigenvalue weighted by Gasteiger charge is 2.14. The number of rotatable bonds is 5. The van der Waals surface area contributed by atoms with Crippen molar-refractivity contribution >= 4 is 28.6 Å². The average Bonchev–Trinajstić information content (AvgIpc) is 2.66. The van der Waals surface area contributed by atoms with E-state index in [1.54, 1.807) is 13.0 Å². The lowest BCUT2D eigenvalue weighted by molar-refractivity contribution is -0.121. The van der Waals surface area contributed by atoms with Crippen molar-refractivity contribution in [2.24, 2.45) is 5.10 Å². The van der Waals surface area contributed by atoms with Gasteiger partial charge >= 0.3 is 0 Å². The van der Waals surface area contributed by atoms with Gasteiger partial charge in [0.25, 0.3) is 5.91 Å². The van der Waals surface area contributed by atoms with E-state index >= 15 is 0 Å². The van der Waals surface area contributed by atoms with Crippen molar-refractivity contribution < 1.29 is 9.90 Å². The van der Waals surface area contributed by atoms with Crippen LogP contribution in [0.2, 0.25) is 0 Å². The molecule has 0 heterocycles. The molecule has 0 radical (unpaired) electrons. The molecule has 0 saturated carbocycles. The molecule has 0 spiro atoms. The zero-order valence-corrected chi connectivity index (χ0v) is 15.7. The summed E-state index contributed by atoms with van der Waals surface area (Å²) >= 11 is 0. The van der Waals surface area contributed by atoms with Crippen LogP contribution in [0, 0.1) is 13.8 Å². The number of anilines is 1. The number of fused-ring (bicyclic) bond motifs is 1. The molecule has 3 aromatic carbocycles. The molecule has 3 N–H and O–H groups in total. The van der Waals surface area contributed by atoms with Crippen LogP contribution in [0.15, 0.2) is 59.7 Å². The number of aromatic hydroxyl groups is 1. The number of carbonyl (C=O) groups is 1. The van der Waals surface area contributed by atoms with Crippen LogP contribution in [0.25, 0.3) is 10.8 Å². The Hall–Kier alpha value is -3.34. The van der Waals surface area contributed by atoms with Crippen LogP contribution < -0.4 is 10.7 Å². The first kappa shape index (κ1) is 18.5. The highest BCUT2D eigenvalue weighted by atomic mass is 16.3. The molecule has 1 atom stereocenters. The lowest BCUT2D eigenvalue weighted by Crippen LogP contribution is -2.35. The maximum atomic E-state index is 12.4. The highest BCUT2D eigenvalue weighted by Crippen LogP contribution is 2.25. The molecular formula is C22H23N3O2. The molecule has 0 unspecified atom stereocenters. The molecule has 27 heavy (non-hydrogen) atoms. The Labute approximate surface area is 158 Å². The lowest BCUT2D eigenvalue weighted by Gasteiger charge is -2.17. The van der Waals surface area contributed by atoms with Crippen LogP contribution in [0.3, 0.4) is 0 Å². The first-order valence-electron chi connectivity index (χ1n) is 8.83. The molecule has 5 heteroatoms. The van der Waals surface area contributed by atoms with Crippen molar-refractivity contribution in [2.45, 2.75) is 26.8 Å². The third kappa shape index (κ3) is 4.08. The standard InChI is InChI=1S/C22H23N3O2/c1-14-7-6-8-15(2)21(14)24-16(3)22(27)25-23-13-19-18-10-5-4-9-17(18)11-12-20(19)26/h4-13,16,24,26H,1-3H3,(H,25,27)/b23-13+/t16-/m1/s1. The van der Waals surface area contributed by atoms with E-state index in [0.29, 0.717) is 5.56 Å². The summed E-state index contributed by atoms with van der Waals surface area (Å²) in [5, 5.41) is 19.3. The van der Waals surface area contributed by atoms with Crippen LogP contribution in [0.1, 0.15) is 23.6 Å². The topological polar surface area (TPSA) is 73.7 Å². The van der Waals surface area contributed by atoms with Gasteiger partial charge in [-0.2, -0.15) is 5.10 Å². The minimum Gasteiger partial charge on any atom is -0.507 e. The number of carbonyl (C=O) groups excluding carboxylic acids is 1. The smallest absolute Gasteiger partial charge is 0.262 e. The van der Waals surface area contributed by atoms with Gasteiger partial charge in [-0.05, 0) is 48.7 Å². The van der Waals surface area contributed by atoms with Crippen LogP contribution in [0.5, 0.6) is 5.75 Å². The molecule has 5 nitrogen and oxygen atoms in total. The van der Waals surface area contributed by atoms with E-state index in [1.807, 2.05) is 62.4 Å². The summed E-state index contributed by atoms with van der Waals surface area (Å²) in [6.07, 6.45) is 1.47. The van der Waals surface area contributed by atoms with Gasteiger partial charge in [-0.3, -0.25) is 4.79 Å². The molecule has 0 fully saturated rings. The second-order valence-corrected chi connectivity index (χ2v) is 6.59. The Morgan fingerprint density at radius 3 is 2.48 bits per heavy atom. The zero-order valence-electron chi connectivity index (χ0n) is 15.7. The van der Waals surface area contributed by atoms with Gasteiger partial charge in [-0.1, -0.05) is 48.5 Å². The zero-order chi connectivity index (χ0) is 19.4. The number of para-hydroxylation sites is 1. The Bertz CT molecular complexity index is 991. The number of phenolic OH excluding ortho intramolecular Hbond substituents is 1. The van der Waals surface area contributed by atoms with E-state index in [9.17, 15) is 9.90 Å². The number of nitrogens with zero attached hydrogens (tertiary/aromatic N) is 1. The van der Waals surface area contributed by atoms with E-state index in [0.717, 1.165) is 27.6 Å². The molecule has 0 bridgehead atoms. The number of hydrazone groups is 1. The van der Waals surface area contributed by atoms with Crippen LogP contribution >= 0.6 is 0 Å². The number of amides is 1. The molecule has 0 saturated heterocycles. The highest BCUT2D eigenvalue weighted by molar-refractivity contribution is 6.02. The summed E-state index contributed by atoms with van der Waals surface area (Å²) in [5.41, 5.74) is 6.23. The predicted octanol–water partition coefficient (Wildman–Crippen LogP) is 4.11. The maximum absolute atomic E-state index is 12.4. The Morgan fingerprint density at radius 2 is 1.74 bits per heavy atom. The van der Waals surface area contributed by atoms with E-state index in [4.69, 9.17) is 0 Å². The van der Waals surface area contributed by atoms with Crippen molar-refractivity contribution in [3.63, 3.8) is 0 Å². The molecule has 0 aromatic heterocycles. The Balaban J connectivity index is 1.71. The van der Waals surface area contributed by atoms with Gasteiger partial charge in [0.2, 0.25) is 0 Å². The normalized spacial score (nSPS) is 12.3. The van der Waals surface area contributed by atoms with Crippen LogP contribution in [-0.4, -0.2) is 23.3 Å². The van der Waals surface area contributed by atoms with Gasteiger partial charge in [-0.15, -0.1) is 0 Å². The van der Waals surface area contributed by atoms with Gasteiger partial charge in [0.05, 0.1) is 6.21 Å². The summed E-state index contributed by atoms with van der Waals surface area (Å²) in [6, 6.07) is 16.7. The van der Waals surface area contributed by atoms with E-state index in [1.165, 1.54) is 6.21 Å². The van der Waals surface area contributed by atoms with Gasteiger partial charge in [0.1, 0.15) is 11.8 Å². The molecule has 3 aromatic rings. The fraction of sp³-hybridized carbons (Fsp3) is 0.182. The Kier molecular flexibility index (Phi) is 5.41. The summed E-state index contributed by atoms with van der Waals surface area (Å²) in [7, 11) is 0. The third-order valence-electron chi connectivity index (χ3n) is 4.55. The van der Waals surface area contributed by atoms with Crippen LogP contribution in [-0.2, 0) is 4.79 Å². The Morgan fingerprint density at radius 1 is 1.04 bits per heavy atom. The molecule has 1 amide bonds. The van der Waals surface area contributed by atoms with Gasteiger partial charge in [-0.25, -0.2) is 5.43 Å². The minimum atomic E-state index is -0.455. The molecule has 0 aliphatic carbocycles. The van der Waals surface area contributed by atoms with E-state index in [2.05, 4.69) is 15.8 Å². The van der Waals surface area contributed by atoms with Gasteiger partial charge < -0.3 is 10.4 Å². The maximum Gasteiger partial charge on any atom is 0.262 e. The molecule has 3 rings (SSSR count). The number of benzene rings is 3. The summed E-state index contributed by atoms with van der Waals surface area (Å²) in [5.74, 6) is -0.137. The molecular weight excluding hydrogens is 338 g/mol. The van der Waals surface area contributed by atoms with Crippen LogP contribution in [0.4, 0.5) is 5.69 Å². The minimum absolute atomic E-state index is 0.119. The second-order valence-electron chi connectivity index (χ2n) is 6.59. The number of hydrogen-bond donors (Lipinski definition) is 3. The molecule has 138 valence electrons. The van der Waals surface area contributed by atoms with Crippen molar-refractivity contribution in [3.8, 4) is 5.75 Å².